The summed E-state index contributed by atoms with van der Waals surface area (Å²) < 4.78 is 68.2. The summed E-state index contributed by atoms with van der Waals surface area (Å²) in [6.45, 7) is 11.7. The van der Waals surface area contributed by atoms with E-state index in [2.05, 4.69) is 72.8 Å². The third-order valence-corrected chi connectivity index (χ3v) is 18.1. The van der Waals surface area contributed by atoms with E-state index < -0.39 is 97.5 Å². The molecule has 0 aromatic rings. The number of esters is 4. The zero-order chi connectivity index (χ0) is 65.9. The highest BCUT2D eigenvalue weighted by Gasteiger charge is 2.30. The second-order valence-corrected chi connectivity index (χ2v) is 28.5. The Bertz CT molecular complexity index is 1850. The summed E-state index contributed by atoms with van der Waals surface area (Å²) in [6.07, 6.45) is 46.6. The molecule has 0 spiro atoms. The van der Waals surface area contributed by atoms with Crippen LogP contribution in [0.5, 0.6) is 0 Å². The van der Waals surface area contributed by atoms with E-state index in [4.69, 9.17) is 37.0 Å². The number of allylic oxidation sites excluding steroid dienone is 4. The lowest BCUT2D eigenvalue weighted by Gasteiger charge is -2.21. The molecule has 0 aliphatic carbocycles. The summed E-state index contributed by atoms with van der Waals surface area (Å²) in [5.41, 5.74) is 0. The molecule has 0 aromatic carbocycles. The van der Waals surface area contributed by atoms with Crippen LogP contribution in [0.25, 0.3) is 0 Å². The highest BCUT2D eigenvalue weighted by Crippen LogP contribution is 2.45. The molecule has 0 saturated carbocycles. The molecule has 7 atom stereocenters. The molecule has 17 nitrogen and oxygen atoms in total. The average Bonchev–Trinajstić information content (AvgIpc) is 3.69. The zero-order valence-corrected chi connectivity index (χ0v) is 59.2. The number of unbranched alkanes of at least 4 members (excludes halogenated alkanes) is 29. The monoisotopic (exact) mass is 1310 g/mol. The van der Waals surface area contributed by atoms with Crippen molar-refractivity contribution in [1.82, 2.24) is 0 Å². The largest absolute Gasteiger partial charge is 0.472 e. The van der Waals surface area contributed by atoms with Gasteiger partial charge in [0.15, 0.2) is 12.2 Å². The number of rotatable bonds is 66. The van der Waals surface area contributed by atoms with Crippen molar-refractivity contribution in [3.05, 3.63) is 24.3 Å². The van der Waals surface area contributed by atoms with E-state index >= 15 is 0 Å². The summed E-state index contributed by atoms with van der Waals surface area (Å²) in [4.78, 5) is 72.5. The number of phosphoric acid groups is 2. The Morgan fingerprint density at radius 3 is 1.00 bits per heavy atom. The maximum Gasteiger partial charge on any atom is 0.472 e. The molecule has 0 amide bonds. The minimum atomic E-state index is -4.96. The highest BCUT2D eigenvalue weighted by molar-refractivity contribution is 7.47. The summed E-state index contributed by atoms with van der Waals surface area (Å²) in [7, 11) is -9.91. The van der Waals surface area contributed by atoms with Gasteiger partial charge in [0.2, 0.25) is 0 Å². The second kappa shape index (κ2) is 60.5. The van der Waals surface area contributed by atoms with Gasteiger partial charge < -0.3 is 33.8 Å². The predicted molar refractivity (Wildman–Crippen MR) is 358 cm³/mol. The topological polar surface area (TPSA) is 237 Å². The number of phosphoric ester groups is 2. The van der Waals surface area contributed by atoms with E-state index in [1.54, 1.807) is 0 Å². The van der Waals surface area contributed by atoms with Crippen LogP contribution in [0.3, 0.4) is 0 Å². The van der Waals surface area contributed by atoms with Crippen LogP contribution in [0.1, 0.15) is 325 Å². The first kappa shape index (κ1) is 86.5. The smallest absolute Gasteiger partial charge is 0.462 e. The minimum Gasteiger partial charge on any atom is -0.462 e. The van der Waals surface area contributed by atoms with Gasteiger partial charge in [-0.05, 0) is 69.1 Å². The van der Waals surface area contributed by atoms with E-state index in [0.717, 1.165) is 133 Å². The third-order valence-electron chi connectivity index (χ3n) is 16.2. The number of aliphatic hydroxyl groups excluding tert-OH is 1. The van der Waals surface area contributed by atoms with Gasteiger partial charge in [0.25, 0.3) is 0 Å². The average molecular weight is 1310 g/mol. The van der Waals surface area contributed by atoms with Crippen molar-refractivity contribution < 1.29 is 80.2 Å². The minimum absolute atomic E-state index is 0.0978. The van der Waals surface area contributed by atoms with Crippen LogP contribution in [0.15, 0.2) is 24.3 Å². The molecule has 0 saturated heterocycles. The van der Waals surface area contributed by atoms with Crippen LogP contribution in [0, 0.1) is 17.8 Å². The van der Waals surface area contributed by atoms with Crippen molar-refractivity contribution >= 4 is 39.5 Å². The van der Waals surface area contributed by atoms with Gasteiger partial charge in [0.1, 0.15) is 19.3 Å². The Kier molecular flexibility index (Phi) is 58.8. The fourth-order valence-corrected chi connectivity index (χ4v) is 11.5. The molecule has 19 heteroatoms. The van der Waals surface area contributed by atoms with E-state index in [1.807, 2.05) is 0 Å². The Labute approximate surface area is 542 Å². The lowest BCUT2D eigenvalue weighted by molar-refractivity contribution is -0.161. The van der Waals surface area contributed by atoms with Gasteiger partial charge >= 0.3 is 39.5 Å². The highest BCUT2D eigenvalue weighted by atomic mass is 31.2. The van der Waals surface area contributed by atoms with Crippen LogP contribution in [-0.2, 0) is 65.4 Å². The number of aliphatic hydroxyl groups is 1. The number of hydrogen-bond donors (Lipinski definition) is 3. The maximum atomic E-state index is 13.0. The first-order chi connectivity index (χ1) is 42.8. The molecule has 524 valence electrons. The van der Waals surface area contributed by atoms with Crippen molar-refractivity contribution in [2.24, 2.45) is 17.8 Å². The molecule has 0 radical (unpaired) electrons. The maximum absolute atomic E-state index is 13.0. The molecule has 89 heavy (non-hydrogen) atoms. The number of hydrogen-bond acceptors (Lipinski definition) is 15. The van der Waals surface area contributed by atoms with E-state index in [1.165, 1.54) is 109 Å². The van der Waals surface area contributed by atoms with Crippen molar-refractivity contribution in [2.75, 3.05) is 39.6 Å². The summed E-state index contributed by atoms with van der Waals surface area (Å²) in [5.74, 6) is 0.0704. The lowest BCUT2D eigenvalue weighted by atomic mass is 9.99. The summed E-state index contributed by atoms with van der Waals surface area (Å²) in [6, 6.07) is 0. The molecule has 0 aromatic heterocycles. The van der Waals surface area contributed by atoms with E-state index in [9.17, 15) is 43.2 Å². The van der Waals surface area contributed by atoms with Crippen molar-refractivity contribution in [3.63, 3.8) is 0 Å². The molecule has 0 bridgehead atoms. The number of carbonyl (C=O) groups is 4. The molecule has 0 aliphatic heterocycles. The van der Waals surface area contributed by atoms with E-state index in [-0.39, 0.29) is 25.7 Å². The fourth-order valence-electron chi connectivity index (χ4n) is 9.94. The van der Waals surface area contributed by atoms with Crippen LogP contribution in [-0.4, -0.2) is 96.7 Å². The van der Waals surface area contributed by atoms with Gasteiger partial charge in [0.05, 0.1) is 26.4 Å². The third kappa shape index (κ3) is 61.5. The molecular weight excluding hydrogens is 1170 g/mol. The van der Waals surface area contributed by atoms with Crippen LogP contribution < -0.4 is 0 Å². The van der Waals surface area contributed by atoms with Gasteiger partial charge in [-0.25, -0.2) is 9.13 Å². The first-order valence-electron chi connectivity index (χ1n) is 35.7. The Hall–Kier alpha value is -2.46. The summed E-state index contributed by atoms with van der Waals surface area (Å²) in [5, 5.41) is 10.6. The molecule has 0 aliphatic rings. The van der Waals surface area contributed by atoms with Crippen molar-refractivity contribution in [3.8, 4) is 0 Å². The lowest BCUT2D eigenvalue weighted by Crippen LogP contribution is -2.30. The van der Waals surface area contributed by atoms with Gasteiger partial charge in [-0.3, -0.25) is 37.3 Å². The quantitative estimate of drug-likeness (QED) is 0.0169. The van der Waals surface area contributed by atoms with Crippen molar-refractivity contribution in [1.29, 1.82) is 0 Å². The summed E-state index contributed by atoms with van der Waals surface area (Å²) >= 11 is 0. The van der Waals surface area contributed by atoms with Gasteiger partial charge in [-0.2, -0.15) is 0 Å². The predicted octanol–water partition coefficient (Wildman–Crippen LogP) is 19.4. The van der Waals surface area contributed by atoms with Gasteiger partial charge in [0, 0.05) is 25.7 Å². The van der Waals surface area contributed by atoms with Crippen LogP contribution in [0.4, 0.5) is 0 Å². The zero-order valence-electron chi connectivity index (χ0n) is 57.4. The fraction of sp³-hybridized carbons (Fsp3) is 0.886. The molecule has 0 heterocycles. The SMILES string of the molecule is CCCCCC/C=C\C=C/CCCCCCCC(=O)OC[C@H](COP(=O)(O)OC[C@@H](O)COP(=O)(O)OC[C@@H](COC(=O)CCCCCCCCC(C)CC)OC(=O)CCCCCCCCCCC(C)CC)OC(=O)CCCCCCCCCCCC(C)C. The Balaban J connectivity index is 5.30. The molecule has 0 fully saturated rings. The normalized spacial score (nSPS) is 15.0. The van der Waals surface area contributed by atoms with Gasteiger partial charge in [-0.15, -0.1) is 0 Å². The standard InChI is InChI=1S/C70H132O17P2/c1-8-11-12-13-14-15-16-17-18-19-20-23-29-37-44-51-67(72)80-57-65(86-69(74)53-46-39-30-24-21-22-27-34-41-48-61(4)5)59-84-88(76,77)82-55-64(71)56-83-89(78,79)85-60-66(58-81-68(73)52-45-38-33-32-36-43-50-63(7)10-3)87-70(75)54-47-40-31-26-25-28-35-42-49-62(6)9-2/h15-18,61-66,71H,8-14,19-60H2,1-7H3,(H,76,77)(H,78,79)/b16-15-,18-17-/t62?,63?,64-,65-,66-/m1/s1. The van der Waals surface area contributed by atoms with Gasteiger partial charge in [-0.1, -0.05) is 272 Å². The molecule has 3 N–H and O–H groups in total. The molecule has 0 rings (SSSR count). The Morgan fingerprint density at radius 2 is 0.663 bits per heavy atom. The molecule has 4 unspecified atom stereocenters. The van der Waals surface area contributed by atoms with Crippen LogP contribution >= 0.6 is 15.6 Å². The van der Waals surface area contributed by atoms with E-state index in [0.29, 0.717) is 25.7 Å². The second-order valence-electron chi connectivity index (χ2n) is 25.5. The molecular formula is C70H132O17P2. The van der Waals surface area contributed by atoms with Crippen LogP contribution in [0.2, 0.25) is 0 Å². The first-order valence-corrected chi connectivity index (χ1v) is 38.7. The number of carbonyl (C=O) groups excluding carboxylic acids is 4. The number of ether oxygens (including phenoxy) is 4. The van der Waals surface area contributed by atoms with Crippen molar-refractivity contribution in [2.45, 2.75) is 343 Å². The Morgan fingerprint density at radius 1 is 0.371 bits per heavy atom.